The van der Waals surface area contributed by atoms with Gasteiger partial charge in [-0.1, -0.05) is 18.7 Å². The van der Waals surface area contributed by atoms with Gasteiger partial charge in [-0.25, -0.2) is 4.68 Å². The van der Waals surface area contributed by atoms with Gasteiger partial charge in [-0.05, 0) is 44.5 Å². The van der Waals surface area contributed by atoms with Crippen molar-refractivity contribution in [2.75, 3.05) is 18.0 Å². The standard InChI is InChI=1S/C24H28F3N5O2/c1-15(2)32-23(22-20(28-32)10-11-21(33)29(22)5)31-13-16(3)30(12-17(31)4)14-18-6-8-19(9-7-18)34-24(25,26)27/h6-11,16-17H,1,12-14H2,2-5H3/t16-,17+/m1/s1. The number of nitrogens with zero attached hydrogens (tertiary/aromatic N) is 5. The van der Waals surface area contributed by atoms with E-state index in [1.54, 1.807) is 34.5 Å². The fraction of sp³-hybridized carbons (Fsp3) is 0.417. The Hall–Kier alpha value is -3.27. The molecule has 2 aromatic heterocycles. The van der Waals surface area contributed by atoms with Crippen LogP contribution in [0.2, 0.25) is 0 Å². The van der Waals surface area contributed by atoms with Crippen LogP contribution in [0.4, 0.5) is 19.0 Å². The Morgan fingerprint density at radius 3 is 2.41 bits per heavy atom. The number of benzene rings is 1. The third-order valence-corrected chi connectivity index (χ3v) is 6.20. The highest BCUT2D eigenvalue weighted by Crippen LogP contribution is 2.32. The van der Waals surface area contributed by atoms with Gasteiger partial charge in [0.2, 0.25) is 0 Å². The van der Waals surface area contributed by atoms with E-state index < -0.39 is 6.36 Å². The van der Waals surface area contributed by atoms with Crippen LogP contribution in [-0.2, 0) is 13.6 Å². The van der Waals surface area contributed by atoms with E-state index in [9.17, 15) is 18.0 Å². The van der Waals surface area contributed by atoms with Crippen molar-refractivity contribution >= 4 is 22.5 Å². The minimum absolute atomic E-state index is 0.0948. The summed E-state index contributed by atoms with van der Waals surface area (Å²) < 4.78 is 44.6. The van der Waals surface area contributed by atoms with Gasteiger partial charge in [-0.15, -0.1) is 13.2 Å². The summed E-state index contributed by atoms with van der Waals surface area (Å²) in [6.45, 7) is 12.2. The van der Waals surface area contributed by atoms with Gasteiger partial charge in [0.15, 0.2) is 5.82 Å². The third-order valence-electron chi connectivity index (χ3n) is 6.20. The van der Waals surface area contributed by atoms with Crippen LogP contribution in [0.3, 0.4) is 0 Å². The molecule has 0 amide bonds. The Balaban J connectivity index is 1.58. The summed E-state index contributed by atoms with van der Waals surface area (Å²) in [6, 6.07) is 9.47. The lowest BCUT2D eigenvalue weighted by molar-refractivity contribution is -0.274. The molecule has 0 spiro atoms. The lowest BCUT2D eigenvalue weighted by Gasteiger charge is -2.45. The van der Waals surface area contributed by atoms with Crippen molar-refractivity contribution in [3.05, 3.63) is 58.9 Å². The Kier molecular flexibility index (Phi) is 6.20. The highest BCUT2D eigenvalue weighted by molar-refractivity contribution is 5.89. The van der Waals surface area contributed by atoms with Crippen molar-refractivity contribution in [1.29, 1.82) is 0 Å². The van der Waals surface area contributed by atoms with E-state index in [1.165, 1.54) is 18.2 Å². The molecule has 2 atom stereocenters. The average Bonchev–Trinajstić information content (AvgIpc) is 3.14. The fourth-order valence-electron chi connectivity index (χ4n) is 4.49. The van der Waals surface area contributed by atoms with Crippen molar-refractivity contribution in [2.45, 2.75) is 45.8 Å². The van der Waals surface area contributed by atoms with Crippen LogP contribution in [-0.4, -0.2) is 50.8 Å². The molecule has 0 bridgehead atoms. The van der Waals surface area contributed by atoms with Gasteiger partial charge in [0.05, 0.1) is 0 Å². The second-order valence-corrected chi connectivity index (χ2v) is 8.91. The first-order chi connectivity index (χ1) is 15.9. The van der Waals surface area contributed by atoms with E-state index in [-0.39, 0.29) is 23.4 Å². The van der Waals surface area contributed by atoms with Crippen molar-refractivity contribution < 1.29 is 17.9 Å². The second-order valence-electron chi connectivity index (χ2n) is 8.91. The van der Waals surface area contributed by atoms with E-state index in [0.29, 0.717) is 13.1 Å². The number of hydrogen-bond donors (Lipinski definition) is 0. The molecule has 1 fully saturated rings. The number of aryl methyl sites for hydroxylation is 1. The quantitative estimate of drug-likeness (QED) is 0.553. The number of anilines is 1. The summed E-state index contributed by atoms with van der Waals surface area (Å²) in [6.07, 6.45) is -4.70. The minimum atomic E-state index is -4.70. The van der Waals surface area contributed by atoms with Crippen LogP contribution >= 0.6 is 0 Å². The van der Waals surface area contributed by atoms with Crippen molar-refractivity contribution in [3.8, 4) is 5.75 Å². The fourth-order valence-corrected chi connectivity index (χ4v) is 4.49. The van der Waals surface area contributed by atoms with E-state index in [1.807, 2.05) is 6.92 Å². The van der Waals surface area contributed by atoms with Gasteiger partial charge < -0.3 is 14.2 Å². The Bertz CT molecular complexity index is 1260. The molecule has 1 aliphatic rings. The minimum Gasteiger partial charge on any atom is -0.406 e. The molecule has 0 aliphatic carbocycles. The third kappa shape index (κ3) is 4.68. The number of rotatable bonds is 5. The molecule has 1 saturated heterocycles. The lowest BCUT2D eigenvalue weighted by Crippen LogP contribution is -2.56. The van der Waals surface area contributed by atoms with Crippen LogP contribution < -0.4 is 15.2 Å². The van der Waals surface area contributed by atoms with Gasteiger partial charge in [0, 0.05) is 50.5 Å². The van der Waals surface area contributed by atoms with E-state index >= 15 is 0 Å². The highest BCUT2D eigenvalue weighted by atomic mass is 19.4. The number of hydrogen-bond acceptors (Lipinski definition) is 5. The van der Waals surface area contributed by atoms with Gasteiger partial charge in [-0.2, -0.15) is 5.10 Å². The number of fused-ring (bicyclic) bond motifs is 1. The second kappa shape index (κ2) is 8.83. The number of piperazine rings is 1. The Morgan fingerprint density at radius 2 is 1.79 bits per heavy atom. The molecule has 1 aliphatic heterocycles. The van der Waals surface area contributed by atoms with Crippen LogP contribution in [0.5, 0.6) is 5.75 Å². The lowest BCUT2D eigenvalue weighted by atomic mass is 10.1. The van der Waals surface area contributed by atoms with E-state index in [4.69, 9.17) is 0 Å². The topological polar surface area (TPSA) is 55.5 Å². The summed E-state index contributed by atoms with van der Waals surface area (Å²) in [7, 11) is 1.75. The summed E-state index contributed by atoms with van der Waals surface area (Å²) in [5.74, 6) is 0.614. The van der Waals surface area contributed by atoms with Crippen LogP contribution in [0, 0.1) is 0 Å². The molecule has 3 aromatic rings. The number of alkyl halides is 3. The van der Waals surface area contributed by atoms with Crippen molar-refractivity contribution in [1.82, 2.24) is 19.2 Å². The molecule has 0 saturated carbocycles. The summed E-state index contributed by atoms with van der Waals surface area (Å²) in [5, 5.41) is 4.68. The molecule has 0 radical (unpaired) electrons. The summed E-state index contributed by atoms with van der Waals surface area (Å²) in [4.78, 5) is 16.9. The molecule has 7 nitrogen and oxygen atoms in total. The maximum Gasteiger partial charge on any atom is 0.573 e. The van der Waals surface area contributed by atoms with E-state index in [2.05, 4.69) is 40.1 Å². The largest absolute Gasteiger partial charge is 0.573 e. The Morgan fingerprint density at radius 1 is 1.12 bits per heavy atom. The molecule has 3 heterocycles. The molecule has 182 valence electrons. The molecule has 0 unspecified atom stereocenters. The van der Waals surface area contributed by atoms with Crippen LogP contribution in [0.15, 0.2) is 47.8 Å². The molecular weight excluding hydrogens is 447 g/mol. The number of halogens is 3. The van der Waals surface area contributed by atoms with Crippen molar-refractivity contribution in [2.24, 2.45) is 7.05 Å². The molecular formula is C24H28F3N5O2. The molecule has 4 rings (SSSR count). The number of pyridine rings is 1. The predicted octanol–water partition coefficient (Wildman–Crippen LogP) is 4.22. The van der Waals surface area contributed by atoms with Crippen molar-refractivity contribution in [3.63, 3.8) is 0 Å². The first kappa shape index (κ1) is 23.9. The molecule has 10 heteroatoms. The zero-order valence-corrected chi connectivity index (χ0v) is 19.6. The maximum absolute atomic E-state index is 12.4. The maximum atomic E-state index is 12.4. The highest BCUT2D eigenvalue weighted by Gasteiger charge is 2.33. The summed E-state index contributed by atoms with van der Waals surface area (Å²) >= 11 is 0. The van der Waals surface area contributed by atoms with Crippen LogP contribution in [0.25, 0.3) is 16.7 Å². The zero-order valence-electron chi connectivity index (χ0n) is 19.6. The first-order valence-corrected chi connectivity index (χ1v) is 11.0. The number of aromatic nitrogens is 3. The molecule has 34 heavy (non-hydrogen) atoms. The Labute approximate surface area is 195 Å². The normalized spacial score (nSPS) is 19.6. The molecule has 1 aromatic carbocycles. The summed E-state index contributed by atoms with van der Waals surface area (Å²) in [5.41, 5.74) is 3.04. The first-order valence-electron chi connectivity index (χ1n) is 11.0. The number of allylic oxidation sites excluding steroid dienone is 1. The van der Waals surface area contributed by atoms with Gasteiger partial charge >= 0.3 is 6.36 Å². The predicted molar refractivity (Wildman–Crippen MR) is 126 cm³/mol. The smallest absolute Gasteiger partial charge is 0.406 e. The van der Waals surface area contributed by atoms with Gasteiger partial charge in [-0.3, -0.25) is 9.69 Å². The number of ether oxygens (including phenoxy) is 1. The van der Waals surface area contributed by atoms with Gasteiger partial charge in [0.25, 0.3) is 5.56 Å². The monoisotopic (exact) mass is 475 g/mol. The average molecular weight is 476 g/mol. The van der Waals surface area contributed by atoms with E-state index in [0.717, 1.165) is 34.7 Å². The zero-order chi connectivity index (χ0) is 24.8. The van der Waals surface area contributed by atoms with Gasteiger partial charge in [0.1, 0.15) is 16.8 Å². The SMILES string of the molecule is C=C(C)n1nc2ccc(=O)n(C)c2c1N1C[C@@H](C)N(Cc2ccc(OC(F)(F)F)cc2)C[C@@H]1C. The molecule has 0 N–H and O–H groups in total. The van der Waals surface area contributed by atoms with Crippen LogP contribution in [0.1, 0.15) is 26.3 Å².